The fourth-order valence-electron chi connectivity index (χ4n) is 0.414. The summed E-state index contributed by atoms with van der Waals surface area (Å²) < 4.78 is 127. The summed E-state index contributed by atoms with van der Waals surface area (Å²) in [5.41, 5.74) is -6.47. The van der Waals surface area contributed by atoms with Gasteiger partial charge in [0.25, 0.3) is 0 Å². The van der Waals surface area contributed by atoms with Crippen LogP contribution < -0.4 is 0 Å². The van der Waals surface area contributed by atoms with E-state index < -0.39 is 34.1 Å². The molecule has 1 unspecified atom stereocenters. The van der Waals surface area contributed by atoms with Gasteiger partial charge in [-0.2, -0.15) is 39.2 Å². The Labute approximate surface area is 87.3 Å². The molecule has 0 radical (unpaired) electrons. The summed E-state index contributed by atoms with van der Waals surface area (Å²) in [4.78, 5) is 0. The Morgan fingerprint density at radius 3 is 1.41 bits per heavy atom. The van der Waals surface area contributed by atoms with Crippen molar-refractivity contribution in [1.29, 1.82) is 0 Å². The van der Waals surface area contributed by atoms with E-state index in [1.165, 1.54) is 0 Å². The Morgan fingerprint density at radius 1 is 0.882 bits per heavy atom. The molecule has 0 N–H and O–H groups in total. The van der Waals surface area contributed by atoms with E-state index in [9.17, 15) is 47.9 Å². The minimum atomic E-state index is -7.16. The normalized spacial score (nSPS) is 18.2. The van der Waals surface area contributed by atoms with Crippen molar-refractivity contribution in [1.82, 2.24) is 0 Å². The third-order valence-corrected chi connectivity index (χ3v) is 2.21. The molecule has 0 aliphatic heterocycles. The highest BCUT2D eigenvalue weighted by atomic mass is 32.2. The van der Waals surface area contributed by atoms with E-state index in [0.717, 1.165) is 0 Å². The Bertz CT molecular complexity index is 367. The van der Waals surface area contributed by atoms with Crippen LogP contribution in [0.25, 0.3) is 0 Å². The van der Waals surface area contributed by atoms with Crippen molar-refractivity contribution in [3.63, 3.8) is 0 Å². The molecule has 0 bridgehead atoms. The van der Waals surface area contributed by atoms with Crippen LogP contribution in [0.1, 0.15) is 0 Å². The van der Waals surface area contributed by atoms with Gasteiger partial charge < -0.3 is 0 Å². The van der Waals surface area contributed by atoms with Crippen LogP contribution in [0.15, 0.2) is 0 Å². The highest BCUT2D eigenvalue weighted by Crippen LogP contribution is 2.43. The van der Waals surface area contributed by atoms with E-state index in [1.807, 2.05) is 4.18 Å². The van der Waals surface area contributed by atoms with Crippen LogP contribution in [0.4, 0.5) is 39.5 Å². The zero-order chi connectivity index (χ0) is 14.3. The number of rotatable bonds is 3. The first-order chi connectivity index (χ1) is 7.15. The van der Waals surface area contributed by atoms with Gasteiger partial charge in [0.1, 0.15) is 0 Å². The van der Waals surface area contributed by atoms with Gasteiger partial charge in [-0.05, 0) is 0 Å². The molecule has 0 aromatic heterocycles. The van der Waals surface area contributed by atoms with Crippen molar-refractivity contribution in [3.05, 3.63) is 0 Å². The highest BCUT2D eigenvalue weighted by Gasteiger charge is 2.69. The maximum atomic E-state index is 12.5. The summed E-state index contributed by atoms with van der Waals surface area (Å²) in [7, 11) is -7.16. The molecule has 0 amide bonds. The Balaban J connectivity index is 5.48. The second-order valence-electron chi connectivity index (χ2n) is 2.43. The van der Waals surface area contributed by atoms with E-state index in [0.29, 0.717) is 0 Å². The minimum absolute atomic E-state index is 1.92. The molecule has 0 spiro atoms. The third kappa shape index (κ3) is 3.14. The average Bonchev–Trinajstić information content (AvgIpc) is 1.98. The van der Waals surface area contributed by atoms with E-state index in [-0.39, 0.29) is 0 Å². The highest BCUT2D eigenvalue weighted by molar-refractivity contribution is 7.87. The quantitative estimate of drug-likeness (QED) is 0.456. The summed E-state index contributed by atoms with van der Waals surface area (Å²) in [6.07, 6.45) is -11.8. The lowest BCUT2D eigenvalue weighted by molar-refractivity contribution is -0.341. The number of hydrogen-bond donors (Lipinski definition) is 0. The van der Waals surface area contributed by atoms with Crippen LogP contribution in [0.2, 0.25) is 0 Å². The number of alkyl halides is 9. The zero-order valence-corrected chi connectivity index (χ0v) is 7.93. The van der Waals surface area contributed by atoms with Crippen molar-refractivity contribution < 1.29 is 52.1 Å². The predicted octanol–water partition coefficient (Wildman–Crippen LogP) is 2.35. The lowest BCUT2D eigenvalue weighted by Gasteiger charge is -2.26. The standard InChI is InChI=1S/C4HF9O3S/c5-1(6)2(7,3(8,9)10)16-17(14,15)4(11,12)13/h1H. The molecule has 17 heavy (non-hydrogen) atoms. The molecule has 0 aromatic rings. The van der Waals surface area contributed by atoms with Crippen LogP contribution >= 0.6 is 0 Å². The largest absolute Gasteiger partial charge is 0.523 e. The van der Waals surface area contributed by atoms with Gasteiger partial charge in [-0.3, -0.25) is 0 Å². The van der Waals surface area contributed by atoms with E-state index >= 15 is 0 Å². The molecule has 0 fully saturated rings. The fraction of sp³-hybridized carbons (Fsp3) is 1.00. The van der Waals surface area contributed by atoms with E-state index in [1.54, 1.807) is 0 Å². The summed E-state index contributed by atoms with van der Waals surface area (Å²) in [6, 6.07) is 0. The van der Waals surface area contributed by atoms with Crippen molar-refractivity contribution in [2.24, 2.45) is 0 Å². The molecule has 0 saturated carbocycles. The second kappa shape index (κ2) is 4.19. The summed E-state index contributed by atoms with van der Waals surface area (Å²) in [5.74, 6) is -6.26. The molecule has 1 atom stereocenters. The first-order valence-corrected chi connectivity index (χ1v) is 4.61. The van der Waals surface area contributed by atoms with Crippen LogP contribution in [0, 0.1) is 0 Å². The summed E-state index contributed by atoms with van der Waals surface area (Å²) in [5, 5.41) is 0. The Morgan fingerprint density at radius 2 is 1.24 bits per heavy atom. The summed E-state index contributed by atoms with van der Waals surface area (Å²) >= 11 is 0. The van der Waals surface area contributed by atoms with E-state index in [4.69, 9.17) is 0 Å². The summed E-state index contributed by atoms with van der Waals surface area (Å²) in [6.45, 7) is 0. The monoisotopic (exact) mass is 300 g/mol. The van der Waals surface area contributed by atoms with Gasteiger partial charge in [0.15, 0.2) is 0 Å². The Kier molecular flexibility index (Phi) is 4.01. The lowest BCUT2D eigenvalue weighted by Crippen LogP contribution is -2.52. The van der Waals surface area contributed by atoms with Gasteiger partial charge in [0.05, 0.1) is 0 Å². The molecule has 0 rings (SSSR count). The topological polar surface area (TPSA) is 43.4 Å². The van der Waals surface area contributed by atoms with Gasteiger partial charge in [-0.25, -0.2) is 13.0 Å². The Hall–Kier alpha value is -0.720. The molecule has 13 heteroatoms. The van der Waals surface area contributed by atoms with Gasteiger partial charge in [0.2, 0.25) is 0 Å². The van der Waals surface area contributed by atoms with Crippen LogP contribution in [-0.2, 0) is 14.3 Å². The molecular formula is C4HF9O3S. The minimum Gasteiger partial charge on any atom is -0.208 e. The third-order valence-electron chi connectivity index (χ3n) is 1.18. The molecule has 0 aliphatic rings. The van der Waals surface area contributed by atoms with Crippen LogP contribution in [-0.4, -0.2) is 32.4 Å². The predicted molar refractivity (Wildman–Crippen MR) is 32.0 cm³/mol. The van der Waals surface area contributed by atoms with Gasteiger partial charge >= 0.3 is 34.1 Å². The molecule has 0 saturated heterocycles. The maximum absolute atomic E-state index is 12.5. The van der Waals surface area contributed by atoms with Crippen molar-refractivity contribution >= 4 is 10.1 Å². The SMILES string of the molecule is O=S(=O)(OC(F)(C(F)F)C(F)(F)F)C(F)(F)F. The number of hydrogen-bond acceptors (Lipinski definition) is 3. The molecule has 104 valence electrons. The first-order valence-electron chi connectivity index (χ1n) is 3.21. The first kappa shape index (κ1) is 16.3. The molecule has 0 aliphatic carbocycles. The van der Waals surface area contributed by atoms with Crippen molar-refractivity contribution in [2.45, 2.75) is 24.0 Å². The van der Waals surface area contributed by atoms with Crippen molar-refractivity contribution in [3.8, 4) is 0 Å². The van der Waals surface area contributed by atoms with Gasteiger partial charge in [-0.1, -0.05) is 0 Å². The smallest absolute Gasteiger partial charge is 0.208 e. The second-order valence-corrected chi connectivity index (χ2v) is 3.96. The van der Waals surface area contributed by atoms with E-state index in [2.05, 4.69) is 0 Å². The molecule has 0 heterocycles. The lowest BCUT2D eigenvalue weighted by atomic mass is 10.3. The van der Waals surface area contributed by atoms with Crippen LogP contribution in [0.5, 0.6) is 0 Å². The molecule has 3 nitrogen and oxygen atoms in total. The fourth-order valence-corrected chi connectivity index (χ4v) is 0.995. The van der Waals surface area contributed by atoms with Crippen LogP contribution in [0.3, 0.4) is 0 Å². The maximum Gasteiger partial charge on any atom is 0.523 e. The van der Waals surface area contributed by atoms with Gasteiger partial charge in [0, 0.05) is 0 Å². The number of halogens is 9. The van der Waals surface area contributed by atoms with Gasteiger partial charge in [-0.15, -0.1) is 0 Å². The average molecular weight is 300 g/mol. The zero-order valence-electron chi connectivity index (χ0n) is 7.11. The molecular weight excluding hydrogens is 299 g/mol. The van der Waals surface area contributed by atoms with Crippen molar-refractivity contribution in [2.75, 3.05) is 0 Å². The molecule has 0 aromatic carbocycles.